The number of nitrogens with zero attached hydrogens (tertiary/aromatic N) is 1. The molecule has 120 valence electrons. The maximum Gasteiger partial charge on any atom is 0.0661 e. The van der Waals surface area contributed by atoms with Crippen molar-refractivity contribution < 1.29 is 4.74 Å². The van der Waals surface area contributed by atoms with Crippen molar-refractivity contribution in [3.8, 4) is 0 Å². The molecule has 3 heteroatoms. The second-order valence-electron chi connectivity index (χ2n) is 8.06. The summed E-state index contributed by atoms with van der Waals surface area (Å²) >= 11 is 0. The second kappa shape index (κ2) is 5.50. The molecule has 0 radical (unpaired) electrons. The summed E-state index contributed by atoms with van der Waals surface area (Å²) in [5, 5.41) is 4.08. The number of hydrogen-bond acceptors (Lipinski definition) is 3. The van der Waals surface area contributed by atoms with Crippen LogP contribution in [0.1, 0.15) is 64.7 Å². The van der Waals surface area contributed by atoms with Crippen molar-refractivity contribution in [1.29, 1.82) is 0 Å². The predicted octanol–water partition coefficient (Wildman–Crippen LogP) is 2.94. The Labute approximate surface area is 129 Å². The van der Waals surface area contributed by atoms with Crippen LogP contribution in [0.2, 0.25) is 0 Å². The molecule has 4 aliphatic rings. The SMILES string of the molecule is CCOC1CC(NC2CC3CCCC(C2)N3C)C12CCC2. The highest BCUT2D eigenvalue weighted by molar-refractivity contribution is 5.13. The number of fused-ring (bicyclic) bond motifs is 2. The molecular formula is C18H32N2O. The maximum absolute atomic E-state index is 6.00. The number of hydrogen-bond donors (Lipinski definition) is 1. The molecule has 2 aliphatic heterocycles. The molecule has 2 saturated heterocycles. The van der Waals surface area contributed by atoms with Crippen molar-refractivity contribution in [2.45, 2.75) is 95.0 Å². The van der Waals surface area contributed by atoms with Crippen molar-refractivity contribution in [2.24, 2.45) is 5.41 Å². The van der Waals surface area contributed by atoms with Crippen LogP contribution in [0.4, 0.5) is 0 Å². The van der Waals surface area contributed by atoms with E-state index in [1.54, 1.807) is 0 Å². The molecule has 1 N–H and O–H groups in total. The van der Waals surface area contributed by atoms with E-state index in [2.05, 4.69) is 24.2 Å². The highest BCUT2D eigenvalue weighted by Crippen LogP contribution is 2.57. The van der Waals surface area contributed by atoms with Crippen LogP contribution >= 0.6 is 0 Å². The highest BCUT2D eigenvalue weighted by atomic mass is 16.5. The fraction of sp³-hybridized carbons (Fsp3) is 1.00. The summed E-state index contributed by atoms with van der Waals surface area (Å²) in [4.78, 5) is 2.67. The monoisotopic (exact) mass is 292 g/mol. The Morgan fingerprint density at radius 1 is 1.10 bits per heavy atom. The summed E-state index contributed by atoms with van der Waals surface area (Å²) in [7, 11) is 2.35. The van der Waals surface area contributed by atoms with E-state index in [9.17, 15) is 0 Å². The van der Waals surface area contributed by atoms with Crippen LogP contribution < -0.4 is 5.32 Å². The standard InChI is InChI=1S/C18H32N2O/c1-3-21-17-12-16(18(17)8-5-9-18)19-13-10-14-6-4-7-15(11-13)20(14)2/h13-17,19H,3-12H2,1-2H3. The Kier molecular flexibility index (Phi) is 3.79. The van der Waals surface area contributed by atoms with E-state index in [4.69, 9.17) is 4.74 Å². The molecule has 4 unspecified atom stereocenters. The third kappa shape index (κ3) is 2.27. The van der Waals surface area contributed by atoms with E-state index in [-0.39, 0.29) is 0 Å². The van der Waals surface area contributed by atoms with Crippen molar-refractivity contribution in [3.05, 3.63) is 0 Å². The molecule has 0 amide bonds. The van der Waals surface area contributed by atoms with Gasteiger partial charge in [-0.1, -0.05) is 12.8 Å². The lowest BCUT2D eigenvalue weighted by Crippen LogP contribution is -2.69. The molecule has 2 bridgehead atoms. The smallest absolute Gasteiger partial charge is 0.0661 e. The number of piperidine rings is 2. The normalized spacial score (nSPS) is 45.1. The molecule has 2 heterocycles. The Morgan fingerprint density at radius 2 is 1.81 bits per heavy atom. The maximum atomic E-state index is 6.00. The van der Waals surface area contributed by atoms with Gasteiger partial charge in [-0.05, 0) is 58.9 Å². The lowest BCUT2D eigenvalue weighted by Gasteiger charge is -2.62. The van der Waals surface area contributed by atoms with Gasteiger partial charge in [0.1, 0.15) is 0 Å². The molecule has 4 fully saturated rings. The van der Waals surface area contributed by atoms with E-state index >= 15 is 0 Å². The molecule has 1 spiro atoms. The van der Waals surface area contributed by atoms with Crippen LogP contribution in [-0.4, -0.2) is 48.8 Å². The zero-order valence-corrected chi connectivity index (χ0v) is 13.8. The van der Waals surface area contributed by atoms with E-state index in [1.807, 2.05) is 0 Å². The van der Waals surface area contributed by atoms with E-state index in [0.29, 0.717) is 11.5 Å². The Balaban J connectivity index is 1.37. The number of nitrogens with one attached hydrogen (secondary N) is 1. The van der Waals surface area contributed by atoms with Gasteiger partial charge in [0, 0.05) is 36.2 Å². The van der Waals surface area contributed by atoms with Crippen LogP contribution in [0, 0.1) is 5.41 Å². The van der Waals surface area contributed by atoms with Crippen molar-refractivity contribution in [3.63, 3.8) is 0 Å². The van der Waals surface area contributed by atoms with Gasteiger partial charge in [0.25, 0.3) is 0 Å². The number of rotatable bonds is 4. The first kappa shape index (κ1) is 14.5. The van der Waals surface area contributed by atoms with Crippen LogP contribution in [0.25, 0.3) is 0 Å². The summed E-state index contributed by atoms with van der Waals surface area (Å²) in [5.74, 6) is 0. The predicted molar refractivity (Wildman–Crippen MR) is 85.5 cm³/mol. The summed E-state index contributed by atoms with van der Waals surface area (Å²) in [6.07, 6.45) is 13.1. The topological polar surface area (TPSA) is 24.5 Å². The average molecular weight is 292 g/mol. The average Bonchev–Trinajstić information content (AvgIpc) is 2.36. The lowest BCUT2D eigenvalue weighted by atomic mass is 9.50. The van der Waals surface area contributed by atoms with Gasteiger partial charge in [-0.15, -0.1) is 0 Å². The lowest BCUT2D eigenvalue weighted by molar-refractivity contribution is -0.176. The van der Waals surface area contributed by atoms with Crippen LogP contribution in [0.5, 0.6) is 0 Å². The van der Waals surface area contributed by atoms with E-state index in [0.717, 1.165) is 30.8 Å². The minimum Gasteiger partial charge on any atom is -0.378 e. The van der Waals surface area contributed by atoms with E-state index in [1.165, 1.54) is 57.8 Å². The summed E-state index contributed by atoms with van der Waals surface area (Å²) in [6, 6.07) is 3.20. The van der Waals surface area contributed by atoms with Crippen molar-refractivity contribution in [2.75, 3.05) is 13.7 Å². The first-order valence-corrected chi connectivity index (χ1v) is 9.32. The summed E-state index contributed by atoms with van der Waals surface area (Å²) < 4.78 is 6.00. The highest BCUT2D eigenvalue weighted by Gasteiger charge is 2.59. The van der Waals surface area contributed by atoms with Gasteiger partial charge in [0.05, 0.1) is 6.10 Å². The molecule has 2 saturated carbocycles. The van der Waals surface area contributed by atoms with Crippen LogP contribution in [-0.2, 0) is 4.74 Å². The third-order valence-electron chi connectivity index (χ3n) is 7.21. The molecule has 3 nitrogen and oxygen atoms in total. The quantitative estimate of drug-likeness (QED) is 0.862. The molecule has 0 aromatic rings. The van der Waals surface area contributed by atoms with Crippen molar-refractivity contribution >= 4 is 0 Å². The molecule has 0 aromatic carbocycles. The van der Waals surface area contributed by atoms with Crippen molar-refractivity contribution in [1.82, 2.24) is 10.2 Å². The minimum absolute atomic E-state index is 0.522. The van der Waals surface area contributed by atoms with Crippen LogP contribution in [0.15, 0.2) is 0 Å². The Bertz CT molecular complexity index is 367. The molecular weight excluding hydrogens is 260 g/mol. The van der Waals surface area contributed by atoms with Gasteiger partial charge in [0.15, 0.2) is 0 Å². The Hall–Kier alpha value is -0.120. The fourth-order valence-electron chi connectivity index (χ4n) is 5.71. The molecule has 21 heavy (non-hydrogen) atoms. The number of ether oxygens (including phenoxy) is 1. The third-order valence-corrected chi connectivity index (χ3v) is 7.21. The first-order valence-electron chi connectivity index (χ1n) is 9.32. The molecule has 4 rings (SSSR count). The van der Waals surface area contributed by atoms with Gasteiger partial charge in [-0.25, -0.2) is 0 Å². The van der Waals surface area contributed by atoms with E-state index < -0.39 is 0 Å². The zero-order valence-electron chi connectivity index (χ0n) is 13.8. The second-order valence-corrected chi connectivity index (χ2v) is 8.06. The molecule has 0 aromatic heterocycles. The van der Waals surface area contributed by atoms with Crippen LogP contribution in [0.3, 0.4) is 0 Å². The minimum atomic E-state index is 0.522. The molecule has 4 atom stereocenters. The fourth-order valence-corrected chi connectivity index (χ4v) is 5.71. The largest absolute Gasteiger partial charge is 0.378 e. The molecule has 2 aliphatic carbocycles. The van der Waals surface area contributed by atoms with Gasteiger partial charge < -0.3 is 15.0 Å². The first-order chi connectivity index (χ1) is 10.2. The van der Waals surface area contributed by atoms with Gasteiger partial charge >= 0.3 is 0 Å². The van der Waals surface area contributed by atoms with Gasteiger partial charge in [0.2, 0.25) is 0 Å². The van der Waals surface area contributed by atoms with Gasteiger partial charge in [-0.3, -0.25) is 0 Å². The summed E-state index contributed by atoms with van der Waals surface area (Å²) in [5.41, 5.74) is 0.522. The van der Waals surface area contributed by atoms with Gasteiger partial charge in [-0.2, -0.15) is 0 Å². The Morgan fingerprint density at radius 3 is 2.38 bits per heavy atom. The summed E-state index contributed by atoms with van der Waals surface area (Å²) in [6.45, 7) is 3.03. The zero-order chi connectivity index (χ0) is 14.4.